The van der Waals surface area contributed by atoms with Crippen LogP contribution in [0, 0.1) is 0 Å². The third-order valence-electron chi connectivity index (χ3n) is 2.30. The van der Waals surface area contributed by atoms with E-state index in [4.69, 9.17) is 4.74 Å². The molecule has 0 amide bonds. The van der Waals surface area contributed by atoms with Crippen LogP contribution in [0.1, 0.15) is 12.8 Å². The number of rotatable bonds is 6. The van der Waals surface area contributed by atoms with Crippen LogP contribution in [0.5, 0.6) is 5.75 Å². The zero-order chi connectivity index (χ0) is 15.0. The molecular weight excluding hydrogens is 306 g/mol. The quantitative estimate of drug-likeness (QED) is 0.782. The summed E-state index contributed by atoms with van der Waals surface area (Å²) in [5, 5.41) is 0. The summed E-state index contributed by atoms with van der Waals surface area (Å²) in [5.74, 6) is 0.137. The molecule has 1 saturated carbocycles. The minimum atomic E-state index is -3.52. The number of ether oxygens (including phenoxy) is 1. The summed E-state index contributed by atoms with van der Waals surface area (Å²) in [5.41, 5.74) is 0.209. The molecule has 20 heavy (non-hydrogen) atoms. The van der Waals surface area contributed by atoms with Gasteiger partial charge in [0.25, 0.3) is 0 Å². The number of hydrogen-bond acceptors (Lipinski definition) is 6. The third kappa shape index (κ3) is 4.53. The fraction of sp³-hybridized carbons (Fsp3) is 0.500. The van der Waals surface area contributed by atoms with E-state index in [2.05, 4.69) is 14.4 Å². The average Bonchev–Trinajstić information content (AvgIpc) is 3.02. The molecule has 1 fully saturated rings. The lowest BCUT2D eigenvalue weighted by Crippen LogP contribution is -2.15. The molecule has 112 valence electrons. The molecule has 0 radical (unpaired) electrons. The summed E-state index contributed by atoms with van der Waals surface area (Å²) in [6, 6.07) is 0. The molecule has 0 unspecified atom stereocenters. The van der Waals surface area contributed by atoms with Crippen molar-refractivity contribution >= 4 is 31.4 Å². The van der Waals surface area contributed by atoms with Gasteiger partial charge in [-0.2, -0.15) is 0 Å². The summed E-state index contributed by atoms with van der Waals surface area (Å²) >= 11 is 0. The van der Waals surface area contributed by atoms with E-state index >= 15 is 0 Å². The molecule has 0 bridgehead atoms. The number of hydrogen-bond donors (Lipinski definition) is 2. The van der Waals surface area contributed by atoms with Gasteiger partial charge in [-0.3, -0.25) is 14.4 Å². The highest BCUT2D eigenvalue weighted by Gasteiger charge is 2.27. The van der Waals surface area contributed by atoms with Crippen molar-refractivity contribution in [3.63, 3.8) is 0 Å². The Morgan fingerprint density at radius 1 is 1.05 bits per heavy atom. The Morgan fingerprint density at radius 3 is 1.85 bits per heavy atom. The fourth-order valence-electron chi connectivity index (χ4n) is 1.47. The first-order chi connectivity index (χ1) is 9.14. The largest absolute Gasteiger partial charge is 0.486 e. The summed E-state index contributed by atoms with van der Waals surface area (Å²) in [6.45, 7) is 0. The van der Waals surface area contributed by atoms with Crippen molar-refractivity contribution in [1.29, 1.82) is 0 Å². The summed E-state index contributed by atoms with van der Waals surface area (Å²) < 4.78 is 55.4. The average molecular weight is 321 g/mol. The van der Waals surface area contributed by atoms with Crippen molar-refractivity contribution in [2.75, 3.05) is 22.0 Å². The lowest BCUT2D eigenvalue weighted by atomic mass is 10.3. The molecule has 0 saturated heterocycles. The Hall–Kier alpha value is -1.55. The van der Waals surface area contributed by atoms with Gasteiger partial charge in [0.15, 0.2) is 5.75 Å². The van der Waals surface area contributed by atoms with Crippen LogP contribution in [0.25, 0.3) is 0 Å². The first kappa shape index (κ1) is 14.9. The molecule has 0 atom stereocenters. The van der Waals surface area contributed by atoms with Crippen LogP contribution in [0.2, 0.25) is 0 Å². The van der Waals surface area contributed by atoms with Gasteiger partial charge in [-0.05, 0) is 12.8 Å². The number of aromatic nitrogens is 1. The zero-order valence-electron chi connectivity index (χ0n) is 11.0. The molecule has 1 aliphatic carbocycles. The van der Waals surface area contributed by atoms with E-state index in [0.29, 0.717) is 0 Å². The van der Waals surface area contributed by atoms with Gasteiger partial charge >= 0.3 is 0 Å². The van der Waals surface area contributed by atoms with E-state index in [-0.39, 0.29) is 23.2 Å². The normalized spacial score (nSPS) is 15.7. The Bertz CT molecular complexity index is 658. The standard InChI is InChI=1S/C10H15N3O5S2/c1-19(14,15)12-8-5-11-6-9(13-20(2,16)17)10(8)18-7-3-4-7/h5-7,12-13H,3-4H2,1-2H3. The van der Waals surface area contributed by atoms with Gasteiger partial charge in [0.05, 0.1) is 31.0 Å². The minimum absolute atomic E-state index is 0.0300. The van der Waals surface area contributed by atoms with Crippen LogP contribution in [-0.2, 0) is 20.0 Å². The first-order valence-corrected chi connectivity index (χ1v) is 9.52. The van der Waals surface area contributed by atoms with Crippen LogP contribution in [0.4, 0.5) is 11.4 Å². The predicted octanol–water partition coefficient (Wildman–Crippen LogP) is 0.366. The number of anilines is 2. The van der Waals surface area contributed by atoms with Gasteiger partial charge < -0.3 is 4.74 Å². The maximum absolute atomic E-state index is 11.3. The second-order valence-corrected chi connectivity index (χ2v) is 8.13. The smallest absolute Gasteiger partial charge is 0.229 e. The van der Waals surface area contributed by atoms with Crippen LogP contribution in [-0.4, -0.2) is 40.4 Å². The van der Waals surface area contributed by atoms with E-state index < -0.39 is 20.0 Å². The predicted molar refractivity (Wildman–Crippen MR) is 74.8 cm³/mol. The van der Waals surface area contributed by atoms with E-state index in [1.807, 2.05) is 0 Å². The van der Waals surface area contributed by atoms with Crippen molar-refractivity contribution in [3.8, 4) is 5.75 Å². The SMILES string of the molecule is CS(=O)(=O)Nc1cncc(NS(C)(=O)=O)c1OC1CC1. The van der Waals surface area contributed by atoms with E-state index in [1.165, 1.54) is 12.4 Å². The van der Waals surface area contributed by atoms with Gasteiger partial charge in [0.1, 0.15) is 11.4 Å². The maximum Gasteiger partial charge on any atom is 0.229 e. The van der Waals surface area contributed by atoms with Crippen molar-refractivity contribution in [2.45, 2.75) is 18.9 Å². The molecule has 0 spiro atoms. The van der Waals surface area contributed by atoms with Crippen molar-refractivity contribution < 1.29 is 21.6 Å². The van der Waals surface area contributed by atoms with E-state index in [0.717, 1.165) is 25.4 Å². The zero-order valence-corrected chi connectivity index (χ0v) is 12.6. The Kier molecular flexibility index (Phi) is 3.78. The highest BCUT2D eigenvalue weighted by Crippen LogP contribution is 2.38. The molecule has 2 N–H and O–H groups in total. The lowest BCUT2D eigenvalue weighted by Gasteiger charge is -2.15. The maximum atomic E-state index is 11.3. The van der Waals surface area contributed by atoms with E-state index in [9.17, 15) is 16.8 Å². The molecule has 0 aromatic carbocycles. The highest BCUT2D eigenvalue weighted by molar-refractivity contribution is 7.92. The third-order valence-corrected chi connectivity index (χ3v) is 3.48. The lowest BCUT2D eigenvalue weighted by molar-refractivity contribution is 0.306. The van der Waals surface area contributed by atoms with Crippen molar-refractivity contribution in [1.82, 2.24) is 4.98 Å². The minimum Gasteiger partial charge on any atom is -0.486 e. The van der Waals surface area contributed by atoms with Crippen LogP contribution >= 0.6 is 0 Å². The van der Waals surface area contributed by atoms with Crippen LogP contribution in [0.3, 0.4) is 0 Å². The van der Waals surface area contributed by atoms with Crippen molar-refractivity contribution in [3.05, 3.63) is 12.4 Å². The number of nitrogens with zero attached hydrogens (tertiary/aromatic N) is 1. The molecule has 1 heterocycles. The van der Waals surface area contributed by atoms with Crippen LogP contribution < -0.4 is 14.2 Å². The molecule has 1 aliphatic rings. The highest BCUT2D eigenvalue weighted by atomic mass is 32.2. The summed E-state index contributed by atoms with van der Waals surface area (Å²) in [6.07, 6.45) is 6.18. The van der Waals surface area contributed by atoms with Gasteiger partial charge in [-0.15, -0.1) is 0 Å². The van der Waals surface area contributed by atoms with Gasteiger partial charge in [0, 0.05) is 0 Å². The molecule has 8 nitrogen and oxygen atoms in total. The molecule has 2 rings (SSSR count). The first-order valence-electron chi connectivity index (χ1n) is 5.74. The molecule has 1 aromatic heterocycles. The Labute approximate surface area is 117 Å². The molecule has 1 aromatic rings. The second-order valence-electron chi connectivity index (χ2n) is 4.63. The van der Waals surface area contributed by atoms with Gasteiger partial charge in [0.2, 0.25) is 20.0 Å². The molecule has 10 heteroatoms. The van der Waals surface area contributed by atoms with Gasteiger partial charge in [-0.25, -0.2) is 16.8 Å². The molecule has 0 aliphatic heterocycles. The Balaban J connectivity index is 2.42. The van der Waals surface area contributed by atoms with Crippen LogP contribution in [0.15, 0.2) is 12.4 Å². The Morgan fingerprint density at radius 2 is 1.50 bits per heavy atom. The number of nitrogens with one attached hydrogen (secondary N) is 2. The monoisotopic (exact) mass is 321 g/mol. The topological polar surface area (TPSA) is 114 Å². The van der Waals surface area contributed by atoms with Gasteiger partial charge in [-0.1, -0.05) is 0 Å². The fourth-order valence-corrected chi connectivity index (χ4v) is 2.56. The van der Waals surface area contributed by atoms with E-state index in [1.54, 1.807) is 0 Å². The second kappa shape index (κ2) is 5.09. The number of sulfonamides is 2. The summed E-state index contributed by atoms with van der Waals surface area (Å²) in [4.78, 5) is 3.81. The molecular formula is C10H15N3O5S2. The number of pyridine rings is 1. The van der Waals surface area contributed by atoms with Crippen molar-refractivity contribution in [2.24, 2.45) is 0 Å². The summed E-state index contributed by atoms with van der Waals surface area (Å²) in [7, 11) is -7.05.